The second-order valence-electron chi connectivity index (χ2n) is 6.01. The molecule has 0 aromatic carbocycles. The number of unbranched alkanes of at least 4 members (excludes halogenated alkanes) is 1. The number of hydrogen-bond acceptors (Lipinski definition) is 2. The molecule has 2 nitrogen and oxygen atoms in total. The first-order valence-corrected chi connectivity index (χ1v) is 8.20. The molecule has 0 amide bonds. The molecule has 0 aliphatic carbocycles. The predicted octanol–water partition coefficient (Wildman–Crippen LogP) is 3.67. The van der Waals surface area contributed by atoms with Gasteiger partial charge in [-0.1, -0.05) is 47.0 Å². The number of piperidine rings is 1. The maximum atomic E-state index is 3.64. The van der Waals surface area contributed by atoms with Gasteiger partial charge in [-0.05, 0) is 38.3 Å². The molecule has 1 aliphatic heterocycles. The third kappa shape index (κ3) is 4.89. The highest BCUT2D eigenvalue weighted by Crippen LogP contribution is 2.23. The van der Waals surface area contributed by atoms with Gasteiger partial charge in [0.05, 0.1) is 0 Å². The average molecular weight is 254 g/mol. The summed E-state index contributed by atoms with van der Waals surface area (Å²) in [4.78, 5) is 2.78. The van der Waals surface area contributed by atoms with Crippen LogP contribution in [0.3, 0.4) is 0 Å². The lowest BCUT2D eigenvalue weighted by molar-refractivity contribution is 0.0932. The monoisotopic (exact) mass is 254 g/mol. The number of hydrogen-bond donors (Lipinski definition) is 1. The van der Waals surface area contributed by atoms with Crippen LogP contribution in [0.5, 0.6) is 0 Å². The van der Waals surface area contributed by atoms with E-state index in [1.165, 1.54) is 51.6 Å². The normalized spacial score (nSPS) is 27.3. The van der Waals surface area contributed by atoms with Crippen molar-refractivity contribution in [3.05, 3.63) is 0 Å². The second kappa shape index (κ2) is 8.92. The second-order valence-corrected chi connectivity index (χ2v) is 6.01. The smallest absolute Gasteiger partial charge is 0.0117 e. The molecule has 1 rings (SSSR count). The lowest BCUT2D eigenvalue weighted by Crippen LogP contribution is -2.51. The Morgan fingerprint density at radius 3 is 2.50 bits per heavy atom. The van der Waals surface area contributed by atoms with E-state index in [1.54, 1.807) is 0 Å². The first kappa shape index (κ1) is 16.0. The van der Waals surface area contributed by atoms with Crippen LogP contribution >= 0.6 is 0 Å². The molecule has 3 unspecified atom stereocenters. The van der Waals surface area contributed by atoms with Crippen molar-refractivity contribution in [1.82, 2.24) is 10.2 Å². The minimum atomic E-state index is 0.750. The van der Waals surface area contributed by atoms with E-state index in [9.17, 15) is 0 Å². The minimum absolute atomic E-state index is 0.750. The van der Waals surface area contributed by atoms with Crippen LogP contribution in [0.2, 0.25) is 0 Å². The molecule has 1 heterocycles. The summed E-state index contributed by atoms with van der Waals surface area (Å²) in [5.41, 5.74) is 0. The molecule has 0 radical (unpaired) electrons. The number of nitrogens with zero attached hydrogens (tertiary/aromatic N) is 1. The Bertz CT molecular complexity index is 205. The topological polar surface area (TPSA) is 15.3 Å². The van der Waals surface area contributed by atoms with Crippen molar-refractivity contribution in [2.24, 2.45) is 5.92 Å². The molecule has 3 atom stereocenters. The zero-order chi connectivity index (χ0) is 13.4. The van der Waals surface area contributed by atoms with E-state index < -0.39 is 0 Å². The number of rotatable bonds is 8. The van der Waals surface area contributed by atoms with E-state index in [0.29, 0.717) is 0 Å². The lowest BCUT2D eigenvalue weighted by atomic mass is 9.91. The fourth-order valence-electron chi connectivity index (χ4n) is 3.36. The zero-order valence-electron chi connectivity index (χ0n) is 13.0. The fourth-order valence-corrected chi connectivity index (χ4v) is 3.36. The van der Waals surface area contributed by atoms with Crippen molar-refractivity contribution in [2.45, 2.75) is 78.3 Å². The van der Waals surface area contributed by atoms with Crippen molar-refractivity contribution < 1.29 is 0 Å². The van der Waals surface area contributed by atoms with Gasteiger partial charge in [-0.2, -0.15) is 0 Å². The summed E-state index contributed by atoms with van der Waals surface area (Å²) in [6.45, 7) is 13.0. The van der Waals surface area contributed by atoms with Crippen molar-refractivity contribution in [2.75, 3.05) is 19.6 Å². The molecular formula is C16H34N2. The molecule has 0 bridgehead atoms. The zero-order valence-corrected chi connectivity index (χ0v) is 13.0. The summed E-state index contributed by atoms with van der Waals surface area (Å²) >= 11 is 0. The average Bonchev–Trinajstić information content (AvgIpc) is 2.37. The van der Waals surface area contributed by atoms with Crippen LogP contribution in [-0.2, 0) is 0 Å². The molecule has 1 fully saturated rings. The number of nitrogens with one attached hydrogen (secondary N) is 1. The molecule has 2 heteroatoms. The van der Waals surface area contributed by atoms with Gasteiger partial charge >= 0.3 is 0 Å². The fraction of sp³-hybridized carbons (Fsp3) is 1.00. The van der Waals surface area contributed by atoms with E-state index in [-0.39, 0.29) is 0 Å². The van der Waals surface area contributed by atoms with Crippen LogP contribution in [0.4, 0.5) is 0 Å². The maximum absolute atomic E-state index is 3.64. The van der Waals surface area contributed by atoms with Gasteiger partial charge in [0.1, 0.15) is 0 Å². The molecule has 0 saturated carbocycles. The molecule has 0 aromatic heterocycles. The van der Waals surface area contributed by atoms with Crippen LogP contribution < -0.4 is 5.32 Å². The Hall–Kier alpha value is -0.0800. The third-order valence-corrected chi connectivity index (χ3v) is 4.43. The molecule has 0 aromatic rings. The lowest BCUT2D eigenvalue weighted by Gasteiger charge is -2.41. The van der Waals surface area contributed by atoms with Gasteiger partial charge in [0.2, 0.25) is 0 Å². The maximum Gasteiger partial charge on any atom is 0.0117 e. The first-order valence-electron chi connectivity index (χ1n) is 8.20. The van der Waals surface area contributed by atoms with E-state index in [2.05, 4.69) is 37.9 Å². The Kier molecular flexibility index (Phi) is 7.92. The SMILES string of the molecule is CCCCC(CCC)N1CCC(NCC)C(C)C1. The van der Waals surface area contributed by atoms with Crippen molar-refractivity contribution in [3.63, 3.8) is 0 Å². The minimum Gasteiger partial charge on any atom is -0.314 e. The summed E-state index contributed by atoms with van der Waals surface area (Å²) in [7, 11) is 0. The highest BCUT2D eigenvalue weighted by atomic mass is 15.2. The van der Waals surface area contributed by atoms with Crippen LogP contribution in [0.25, 0.3) is 0 Å². The van der Waals surface area contributed by atoms with Gasteiger partial charge in [0, 0.05) is 18.6 Å². The highest BCUT2D eigenvalue weighted by Gasteiger charge is 2.28. The van der Waals surface area contributed by atoms with Gasteiger partial charge in [0.25, 0.3) is 0 Å². The predicted molar refractivity (Wildman–Crippen MR) is 81.0 cm³/mol. The van der Waals surface area contributed by atoms with Crippen molar-refractivity contribution in [1.29, 1.82) is 0 Å². The highest BCUT2D eigenvalue weighted by molar-refractivity contribution is 4.85. The van der Waals surface area contributed by atoms with Crippen molar-refractivity contribution in [3.8, 4) is 0 Å². The molecule has 1 aliphatic rings. The molecule has 1 saturated heterocycles. The molecule has 0 spiro atoms. The molecule has 1 N–H and O–H groups in total. The first-order chi connectivity index (χ1) is 8.72. The van der Waals surface area contributed by atoms with Crippen molar-refractivity contribution >= 4 is 0 Å². The van der Waals surface area contributed by atoms with E-state index in [4.69, 9.17) is 0 Å². The largest absolute Gasteiger partial charge is 0.314 e. The Morgan fingerprint density at radius 2 is 1.94 bits per heavy atom. The van der Waals surface area contributed by atoms with E-state index in [0.717, 1.165) is 24.5 Å². The summed E-state index contributed by atoms with van der Waals surface area (Å²) in [5.74, 6) is 0.805. The van der Waals surface area contributed by atoms with Crippen LogP contribution in [0.1, 0.15) is 66.2 Å². The standard InChI is InChI=1S/C16H34N2/c1-5-8-10-15(9-6-2)18-12-11-16(17-7-3)14(4)13-18/h14-17H,5-13H2,1-4H3. The Morgan fingerprint density at radius 1 is 1.17 bits per heavy atom. The van der Waals surface area contributed by atoms with Gasteiger partial charge in [-0.3, -0.25) is 0 Å². The van der Waals surface area contributed by atoms with Crippen LogP contribution in [-0.4, -0.2) is 36.6 Å². The Labute approximate surface area is 115 Å². The van der Waals surface area contributed by atoms with Gasteiger partial charge in [-0.15, -0.1) is 0 Å². The molecular weight excluding hydrogens is 220 g/mol. The van der Waals surface area contributed by atoms with Gasteiger partial charge in [-0.25, -0.2) is 0 Å². The summed E-state index contributed by atoms with van der Waals surface area (Å²) in [5, 5.41) is 3.64. The van der Waals surface area contributed by atoms with Crippen LogP contribution in [0, 0.1) is 5.92 Å². The summed E-state index contributed by atoms with van der Waals surface area (Å²) in [6, 6.07) is 1.60. The molecule has 108 valence electrons. The third-order valence-electron chi connectivity index (χ3n) is 4.43. The molecule has 18 heavy (non-hydrogen) atoms. The summed E-state index contributed by atoms with van der Waals surface area (Å²) in [6.07, 6.45) is 8.19. The van der Waals surface area contributed by atoms with E-state index >= 15 is 0 Å². The summed E-state index contributed by atoms with van der Waals surface area (Å²) < 4.78 is 0. The Balaban J connectivity index is 2.44. The van der Waals surface area contributed by atoms with Gasteiger partial charge < -0.3 is 10.2 Å². The van der Waals surface area contributed by atoms with Crippen LogP contribution in [0.15, 0.2) is 0 Å². The number of likely N-dealkylation sites (tertiary alicyclic amines) is 1. The quantitative estimate of drug-likeness (QED) is 0.711. The van der Waals surface area contributed by atoms with Gasteiger partial charge in [0.15, 0.2) is 0 Å². The van der Waals surface area contributed by atoms with E-state index in [1.807, 2.05) is 0 Å².